The topological polar surface area (TPSA) is 38.9 Å². The number of hydrogen-bond acceptors (Lipinski definition) is 3. The number of benzene rings is 4. The van der Waals surface area contributed by atoms with Crippen molar-refractivity contribution < 1.29 is 34.7 Å². The van der Waals surface area contributed by atoms with Crippen molar-refractivity contribution in [2.45, 2.75) is 39.4 Å². The SMILES string of the molecule is C[Si](C)(C)c1cnc(-c2[c-]cccc2)cc1-c1ccccc1.[2H]C(C)(C)c1ccnc(-c2[c-]ccc3c2oc2cc(F)cc(F)c23)c1.[Ir]. The molecule has 47 heavy (non-hydrogen) atoms. The number of nitrogens with zero attached hydrogens (tertiary/aromatic N) is 2. The Hall–Kier alpha value is -4.29. The molecule has 0 bridgehead atoms. The first-order chi connectivity index (χ1) is 22.4. The minimum absolute atomic E-state index is 0. The normalized spacial score (nSPS) is 11.9. The van der Waals surface area contributed by atoms with Gasteiger partial charge in [0.25, 0.3) is 0 Å². The first-order valence-electron chi connectivity index (χ1n) is 15.6. The molecule has 0 saturated carbocycles. The van der Waals surface area contributed by atoms with Gasteiger partial charge in [0.1, 0.15) is 17.2 Å². The van der Waals surface area contributed by atoms with E-state index >= 15 is 0 Å². The zero-order valence-corrected chi connectivity index (χ0v) is 30.2. The van der Waals surface area contributed by atoms with Crippen molar-refractivity contribution in [3.05, 3.63) is 139 Å². The standard InChI is InChI=1S/C20H14F2NO.C20H20NSi.Ir/c1-11(2)12-6-7-23-17(8-12)14-4-3-5-15-19-16(22)9-13(21)10-18(19)24-20(14)15;1-22(2,3)20-15-21-19(17-12-8-5-9-13-17)14-18(20)16-10-6-4-7-11-16;/h3,5-11H,1-2H3;4-12,14-15H,1-3H3;/q2*-1;/i11D;;. The van der Waals surface area contributed by atoms with Crippen molar-refractivity contribution in [1.82, 2.24) is 9.97 Å². The van der Waals surface area contributed by atoms with E-state index < -0.39 is 25.6 Å². The molecule has 0 atom stereocenters. The maximum atomic E-state index is 14.2. The Morgan fingerprint density at radius 1 is 0.830 bits per heavy atom. The number of rotatable bonds is 5. The molecule has 3 heterocycles. The third-order valence-corrected chi connectivity index (χ3v) is 9.84. The molecular weight excluding hydrogens is 783 g/mol. The van der Waals surface area contributed by atoms with E-state index in [4.69, 9.17) is 10.8 Å². The maximum absolute atomic E-state index is 14.2. The molecule has 3 aromatic heterocycles. The molecule has 0 aliphatic carbocycles. The zero-order chi connectivity index (χ0) is 33.3. The van der Waals surface area contributed by atoms with Crippen LogP contribution in [0.1, 0.15) is 26.7 Å². The second kappa shape index (κ2) is 14.2. The van der Waals surface area contributed by atoms with Gasteiger partial charge in [0.15, 0.2) is 0 Å². The largest absolute Gasteiger partial charge is 0.500 e. The van der Waals surface area contributed by atoms with E-state index in [1.54, 1.807) is 44.3 Å². The predicted octanol–water partition coefficient (Wildman–Crippen LogP) is 10.6. The van der Waals surface area contributed by atoms with Crippen LogP contribution in [0.5, 0.6) is 0 Å². The number of halogens is 2. The predicted molar refractivity (Wildman–Crippen MR) is 187 cm³/mol. The summed E-state index contributed by atoms with van der Waals surface area (Å²) in [7, 11) is -1.46. The average molecular weight is 818 g/mol. The van der Waals surface area contributed by atoms with Crippen molar-refractivity contribution in [3.63, 3.8) is 0 Å². The molecule has 0 aliphatic heterocycles. The fourth-order valence-electron chi connectivity index (χ4n) is 5.47. The van der Waals surface area contributed by atoms with Crippen molar-refractivity contribution >= 4 is 35.2 Å². The number of hydrogen-bond donors (Lipinski definition) is 0. The summed E-state index contributed by atoms with van der Waals surface area (Å²) in [5.41, 5.74) is 7.06. The van der Waals surface area contributed by atoms with Crippen molar-refractivity contribution in [1.29, 1.82) is 0 Å². The molecule has 0 aliphatic rings. The molecule has 3 nitrogen and oxygen atoms in total. The van der Waals surface area contributed by atoms with E-state index in [9.17, 15) is 8.78 Å². The smallest absolute Gasteiger partial charge is 0.136 e. The second-order valence-electron chi connectivity index (χ2n) is 12.4. The number of furan rings is 1. The summed E-state index contributed by atoms with van der Waals surface area (Å²) < 4.78 is 41.6. The summed E-state index contributed by atoms with van der Waals surface area (Å²) in [6.45, 7) is 10.7. The summed E-state index contributed by atoms with van der Waals surface area (Å²) in [6.07, 6.45) is 3.70. The van der Waals surface area contributed by atoms with Crippen molar-refractivity contribution in [2.24, 2.45) is 0 Å². The summed E-state index contributed by atoms with van der Waals surface area (Å²) in [5, 5.41) is 2.18. The molecule has 7 aromatic rings. The molecule has 7 rings (SSSR count). The molecule has 0 saturated heterocycles. The van der Waals surface area contributed by atoms with Crippen LogP contribution in [0, 0.1) is 23.8 Å². The molecule has 0 spiro atoms. The number of aromatic nitrogens is 2. The van der Waals surface area contributed by atoms with Gasteiger partial charge in [-0.1, -0.05) is 92.5 Å². The van der Waals surface area contributed by atoms with E-state index in [2.05, 4.69) is 85.4 Å². The Bertz CT molecular complexity index is 2190. The van der Waals surface area contributed by atoms with Crippen LogP contribution >= 0.6 is 0 Å². The van der Waals surface area contributed by atoms with Gasteiger partial charge in [-0.2, -0.15) is 0 Å². The first kappa shape index (κ1) is 32.6. The van der Waals surface area contributed by atoms with Crippen LogP contribution in [0.25, 0.3) is 55.6 Å². The van der Waals surface area contributed by atoms with Gasteiger partial charge in [-0.25, -0.2) is 8.78 Å². The summed E-state index contributed by atoms with van der Waals surface area (Å²) in [6, 6.07) is 36.1. The molecule has 0 amide bonds. The van der Waals surface area contributed by atoms with Crippen LogP contribution in [0.4, 0.5) is 8.78 Å². The molecule has 4 aromatic carbocycles. The fourth-order valence-corrected chi connectivity index (χ4v) is 6.94. The monoisotopic (exact) mass is 818 g/mol. The number of pyridine rings is 2. The molecule has 0 unspecified atom stereocenters. The zero-order valence-electron chi connectivity index (χ0n) is 27.8. The van der Waals surface area contributed by atoms with Crippen LogP contribution in [0.2, 0.25) is 19.6 Å². The Kier molecular flexibility index (Phi) is 9.88. The van der Waals surface area contributed by atoms with E-state index in [1.165, 1.54) is 22.4 Å². The Labute approximate surface area is 290 Å². The molecule has 239 valence electrons. The second-order valence-corrected chi connectivity index (χ2v) is 17.4. The van der Waals surface area contributed by atoms with Gasteiger partial charge in [0, 0.05) is 51.4 Å². The Balaban J connectivity index is 0.000000186. The summed E-state index contributed by atoms with van der Waals surface area (Å²) in [4.78, 5) is 9.05. The van der Waals surface area contributed by atoms with Gasteiger partial charge < -0.3 is 14.4 Å². The van der Waals surface area contributed by atoms with Gasteiger partial charge in [0.2, 0.25) is 0 Å². The van der Waals surface area contributed by atoms with Crippen molar-refractivity contribution in [2.75, 3.05) is 0 Å². The van der Waals surface area contributed by atoms with Crippen LogP contribution in [0.3, 0.4) is 0 Å². The molecule has 0 N–H and O–H groups in total. The molecule has 7 heteroatoms. The fraction of sp³-hybridized carbons (Fsp3) is 0.150. The van der Waals surface area contributed by atoms with Gasteiger partial charge in [-0.05, 0) is 39.7 Å². The first-order valence-corrected chi connectivity index (χ1v) is 18.6. The Morgan fingerprint density at radius 2 is 1.60 bits per heavy atom. The van der Waals surface area contributed by atoms with E-state index in [0.717, 1.165) is 22.9 Å². The van der Waals surface area contributed by atoms with E-state index in [-0.39, 0.29) is 31.1 Å². The molecule has 1 radical (unpaired) electrons. The maximum Gasteiger partial charge on any atom is 0.136 e. The third-order valence-electron chi connectivity index (χ3n) is 7.82. The van der Waals surface area contributed by atoms with Gasteiger partial charge >= 0.3 is 0 Å². The molecular formula is C40H34F2IrN2OSi-2. The van der Waals surface area contributed by atoms with Gasteiger partial charge in [-0.3, -0.25) is 0 Å². The minimum Gasteiger partial charge on any atom is -0.500 e. The third kappa shape index (κ3) is 7.33. The summed E-state index contributed by atoms with van der Waals surface area (Å²) >= 11 is 0. The van der Waals surface area contributed by atoms with E-state index in [1.807, 2.05) is 18.2 Å². The Morgan fingerprint density at radius 3 is 2.30 bits per heavy atom. The van der Waals surface area contributed by atoms with Crippen molar-refractivity contribution in [3.8, 4) is 33.6 Å². The van der Waals surface area contributed by atoms with E-state index in [0.29, 0.717) is 22.2 Å². The van der Waals surface area contributed by atoms with Crippen LogP contribution < -0.4 is 5.19 Å². The van der Waals surface area contributed by atoms with Crippen LogP contribution in [0.15, 0.2) is 114 Å². The number of fused-ring (bicyclic) bond motifs is 3. The van der Waals surface area contributed by atoms with Crippen LogP contribution in [-0.4, -0.2) is 18.0 Å². The van der Waals surface area contributed by atoms with Gasteiger partial charge in [-0.15, -0.1) is 54.1 Å². The average Bonchev–Trinajstić information content (AvgIpc) is 3.44. The summed E-state index contributed by atoms with van der Waals surface area (Å²) in [5.74, 6) is -2.14. The molecule has 0 fully saturated rings. The minimum atomic E-state index is -1.46. The van der Waals surface area contributed by atoms with Gasteiger partial charge in [0.05, 0.1) is 13.7 Å². The quantitative estimate of drug-likeness (QED) is 0.128. The van der Waals surface area contributed by atoms with Crippen LogP contribution in [-0.2, 0) is 20.1 Å².